The van der Waals surface area contributed by atoms with Crippen LogP contribution >= 0.6 is 23.4 Å². The van der Waals surface area contributed by atoms with Crippen LogP contribution in [0.15, 0.2) is 32.9 Å². The van der Waals surface area contributed by atoms with E-state index in [4.69, 9.17) is 16.0 Å². The molecule has 0 fully saturated rings. The molecule has 3 rings (SSSR count). The Hall–Kier alpha value is -1.50. The Morgan fingerprint density at radius 2 is 2.30 bits per heavy atom. The Kier molecular flexibility index (Phi) is 3.45. The van der Waals surface area contributed by atoms with Crippen molar-refractivity contribution < 1.29 is 9.21 Å². The minimum absolute atomic E-state index is 0.0762. The summed E-state index contributed by atoms with van der Waals surface area (Å²) in [5, 5.41) is 6.89. The number of hydrogen-bond acceptors (Lipinski definition) is 5. The van der Waals surface area contributed by atoms with Gasteiger partial charge in [-0.3, -0.25) is 4.79 Å². The average molecular weight is 310 g/mol. The van der Waals surface area contributed by atoms with Gasteiger partial charge in [-0.2, -0.15) is 0 Å². The van der Waals surface area contributed by atoms with Gasteiger partial charge in [0.1, 0.15) is 12.3 Å². The molecule has 2 heterocycles. The summed E-state index contributed by atoms with van der Waals surface area (Å²) in [6, 6.07) is 3.29. The lowest BCUT2D eigenvalue weighted by Gasteiger charge is -2.08. The van der Waals surface area contributed by atoms with Crippen molar-refractivity contribution in [1.29, 1.82) is 0 Å². The van der Waals surface area contributed by atoms with E-state index in [-0.39, 0.29) is 11.9 Å². The zero-order valence-corrected chi connectivity index (χ0v) is 12.4. The van der Waals surface area contributed by atoms with Gasteiger partial charge in [0, 0.05) is 16.1 Å². The molecule has 5 nitrogen and oxygen atoms in total. The highest BCUT2D eigenvalue weighted by molar-refractivity contribution is 7.99. The molecule has 1 aromatic heterocycles. The third kappa shape index (κ3) is 2.30. The van der Waals surface area contributed by atoms with Crippen molar-refractivity contribution in [2.24, 2.45) is 0 Å². The molecular weight excluding hydrogens is 298 g/mol. The van der Waals surface area contributed by atoms with Crippen LogP contribution in [0.4, 0.5) is 5.69 Å². The van der Waals surface area contributed by atoms with Crippen LogP contribution in [0, 0.1) is 6.92 Å². The summed E-state index contributed by atoms with van der Waals surface area (Å²) < 4.78 is 5.30. The van der Waals surface area contributed by atoms with Gasteiger partial charge in [0.15, 0.2) is 0 Å². The Morgan fingerprint density at radius 1 is 1.50 bits per heavy atom. The fourth-order valence-corrected chi connectivity index (χ4v) is 3.20. The van der Waals surface area contributed by atoms with Crippen molar-refractivity contribution in [2.45, 2.75) is 23.1 Å². The standard InChI is InChI=1S/C13H12ClN3O2S/c1-6-5-19-13(16-6)20-10-4-9-7(3-8(10)14)11(15-2)12(18)17-9/h3-5,11,15H,1-2H3,(H,17,18). The van der Waals surface area contributed by atoms with Crippen molar-refractivity contribution >= 4 is 35.0 Å². The summed E-state index contributed by atoms with van der Waals surface area (Å²) in [6.07, 6.45) is 1.59. The SMILES string of the molecule is CNC1C(=O)Nc2cc(Sc3nc(C)co3)c(Cl)cc21. The number of likely N-dealkylation sites (N-methyl/N-ethyl adjacent to an activating group) is 1. The first-order valence-electron chi connectivity index (χ1n) is 6.00. The highest BCUT2D eigenvalue weighted by Gasteiger charge is 2.30. The average Bonchev–Trinajstić information content (AvgIpc) is 2.93. The summed E-state index contributed by atoms with van der Waals surface area (Å²) >= 11 is 7.61. The lowest BCUT2D eigenvalue weighted by molar-refractivity contribution is -0.117. The lowest BCUT2D eigenvalue weighted by Crippen LogP contribution is -2.23. The van der Waals surface area contributed by atoms with E-state index in [1.165, 1.54) is 11.8 Å². The zero-order chi connectivity index (χ0) is 14.3. The number of rotatable bonds is 3. The second-order valence-electron chi connectivity index (χ2n) is 4.44. The lowest BCUT2D eigenvalue weighted by atomic mass is 10.1. The van der Waals surface area contributed by atoms with Crippen LogP contribution in [0.1, 0.15) is 17.3 Å². The first-order chi connectivity index (χ1) is 9.58. The molecule has 1 amide bonds. The maximum absolute atomic E-state index is 11.8. The van der Waals surface area contributed by atoms with Gasteiger partial charge in [0.25, 0.3) is 5.22 Å². The van der Waals surface area contributed by atoms with E-state index in [0.717, 1.165) is 21.8 Å². The van der Waals surface area contributed by atoms with Crippen molar-refractivity contribution in [3.05, 3.63) is 34.7 Å². The minimum Gasteiger partial charge on any atom is -0.439 e. The number of amides is 1. The molecule has 0 radical (unpaired) electrons. The van der Waals surface area contributed by atoms with Crippen molar-refractivity contribution in [3.8, 4) is 0 Å². The number of oxazole rings is 1. The second-order valence-corrected chi connectivity index (χ2v) is 5.84. The highest BCUT2D eigenvalue weighted by Crippen LogP contribution is 2.40. The number of hydrogen-bond donors (Lipinski definition) is 2. The van der Waals surface area contributed by atoms with Gasteiger partial charge in [-0.05, 0) is 37.9 Å². The van der Waals surface area contributed by atoms with Crippen molar-refractivity contribution in [3.63, 3.8) is 0 Å². The number of aryl methyl sites for hydroxylation is 1. The Bertz CT molecular complexity index is 686. The number of aromatic nitrogens is 1. The number of halogens is 1. The van der Waals surface area contributed by atoms with Crippen LogP contribution in [-0.4, -0.2) is 17.9 Å². The quantitative estimate of drug-likeness (QED) is 0.912. The van der Waals surface area contributed by atoms with Gasteiger partial charge >= 0.3 is 0 Å². The Labute approximate surface area is 125 Å². The van der Waals surface area contributed by atoms with E-state index >= 15 is 0 Å². The van der Waals surface area contributed by atoms with Crippen LogP contribution in [0.25, 0.3) is 0 Å². The largest absolute Gasteiger partial charge is 0.439 e. The fraction of sp³-hybridized carbons (Fsp3) is 0.231. The first-order valence-corrected chi connectivity index (χ1v) is 7.19. The topological polar surface area (TPSA) is 67.2 Å². The zero-order valence-electron chi connectivity index (χ0n) is 10.9. The Morgan fingerprint density at radius 3 is 2.95 bits per heavy atom. The van der Waals surface area contributed by atoms with Crippen LogP contribution in [0.5, 0.6) is 0 Å². The maximum atomic E-state index is 11.8. The molecule has 0 aliphatic carbocycles. The van der Waals surface area contributed by atoms with E-state index in [2.05, 4.69) is 15.6 Å². The molecule has 7 heteroatoms. The number of nitrogens with zero attached hydrogens (tertiary/aromatic N) is 1. The summed E-state index contributed by atoms with van der Waals surface area (Å²) in [6.45, 7) is 1.86. The normalized spacial score (nSPS) is 17.1. The van der Waals surface area contributed by atoms with Crippen molar-refractivity contribution in [2.75, 3.05) is 12.4 Å². The summed E-state index contributed by atoms with van der Waals surface area (Å²) in [4.78, 5) is 16.8. The summed E-state index contributed by atoms with van der Waals surface area (Å²) in [7, 11) is 1.74. The molecule has 0 bridgehead atoms. The van der Waals surface area contributed by atoms with E-state index in [0.29, 0.717) is 10.2 Å². The van der Waals surface area contributed by atoms with Gasteiger partial charge in [0.05, 0.1) is 10.7 Å². The Balaban J connectivity index is 1.95. The monoisotopic (exact) mass is 309 g/mol. The molecule has 0 saturated heterocycles. The minimum atomic E-state index is -0.356. The van der Waals surface area contributed by atoms with Gasteiger partial charge < -0.3 is 15.1 Å². The smallest absolute Gasteiger partial charge is 0.260 e. The van der Waals surface area contributed by atoms with Crippen LogP contribution in [0.2, 0.25) is 5.02 Å². The number of benzene rings is 1. The van der Waals surface area contributed by atoms with Crippen molar-refractivity contribution in [1.82, 2.24) is 10.3 Å². The third-order valence-electron chi connectivity index (χ3n) is 3.02. The molecule has 0 saturated carbocycles. The molecule has 0 spiro atoms. The van der Waals surface area contributed by atoms with Gasteiger partial charge in [0.2, 0.25) is 5.91 Å². The van der Waals surface area contributed by atoms with Crippen LogP contribution in [-0.2, 0) is 4.79 Å². The number of carbonyl (C=O) groups is 1. The third-order valence-corrected chi connectivity index (χ3v) is 4.36. The van der Waals surface area contributed by atoms with Crippen LogP contribution in [0.3, 0.4) is 0 Å². The number of carbonyl (C=O) groups excluding carboxylic acids is 1. The number of nitrogens with one attached hydrogen (secondary N) is 2. The molecule has 1 atom stereocenters. The fourth-order valence-electron chi connectivity index (χ4n) is 2.10. The molecule has 2 N–H and O–H groups in total. The molecule has 1 aromatic carbocycles. The predicted molar refractivity (Wildman–Crippen MR) is 77.2 cm³/mol. The molecule has 20 heavy (non-hydrogen) atoms. The van der Waals surface area contributed by atoms with Gasteiger partial charge in [-0.1, -0.05) is 11.6 Å². The molecular formula is C13H12ClN3O2S. The predicted octanol–water partition coefficient (Wildman–Crippen LogP) is 3.00. The molecule has 1 aliphatic heterocycles. The highest BCUT2D eigenvalue weighted by atomic mass is 35.5. The second kappa shape index (κ2) is 5.12. The number of anilines is 1. The molecule has 2 aromatic rings. The molecule has 104 valence electrons. The van der Waals surface area contributed by atoms with Gasteiger partial charge in [-0.15, -0.1) is 0 Å². The molecule has 1 unspecified atom stereocenters. The number of fused-ring (bicyclic) bond motifs is 1. The first kappa shape index (κ1) is 13.5. The summed E-state index contributed by atoms with van der Waals surface area (Å²) in [5.41, 5.74) is 2.44. The maximum Gasteiger partial charge on any atom is 0.260 e. The molecule has 1 aliphatic rings. The summed E-state index contributed by atoms with van der Waals surface area (Å²) in [5.74, 6) is -0.0762. The van der Waals surface area contributed by atoms with Gasteiger partial charge in [-0.25, -0.2) is 4.98 Å². The van der Waals surface area contributed by atoms with E-state index in [1.54, 1.807) is 19.4 Å². The van der Waals surface area contributed by atoms with E-state index in [9.17, 15) is 4.79 Å². The van der Waals surface area contributed by atoms with E-state index in [1.807, 2.05) is 13.0 Å². The van der Waals surface area contributed by atoms with Crippen LogP contribution < -0.4 is 10.6 Å². The van der Waals surface area contributed by atoms with E-state index < -0.39 is 0 Å².